The summed E-state index contributed by atoms with van der Waals surface area (Å²) >= 11 is 0. The van der Waals surface area contributed by atoms with Gasteiger partial charge in [0.05, 0.1) is 5.52 Å². The fraction of sp³-hybridized carbons (Fsp3) is 0.440. The molecule has 1 amide bonds. The lowest BCUT2D eigenvalue weighted by Crippen LogP contribution is -2.38. The second-order valence-corrected chi connectivity index (χ2v) is 11.3. The Bertz CT molecular complexity index is 1300. The lowest BCUT2D eigenvalue weighted by molar-refractivity contribution is 0.0942. The average molecular weight is 467 g/mol. The Morgan fingerprint density at radius 1 is 1.12 bits per heavy atom. The van der Waals surface area contributed by atoms with Crippen LogP contribution in [0.3, 0.4) is 0 Å². The summed E-state index contributed by atoms with van der Waals surface area (Å²) in [4.78, 5) is 17.9. The summed E-state index contributed by atoms with van der Waals surface area (Å²) in [6.07, 6.45) is 5.41. The van der Waals surface area contributed by atoms with Crippen LogP contribution >= 0.6 is 0 Å². The minimum absolute atomic E-state index is 0.203. The molecular weight excluding hydrogens is 436 g/mol. The predicted octanol–water partition coefficient (Wildman–Crippen LogP) is 3.80. The molecule has 5 rings (SSSR count). The van der Waals surface area contributed by atoms with E-state index in [0.29, 0.717) is 36.1 Å². The van der Waals surface area contributed by atoms with Crippen LogP contribution in [0.4, 0.5) is 0 Å². The number of fused-ring (bicyclic) bond motifs is 1. The zero-order valence-corrected chi connectivity index (χ0v) is 19.9. The SMILES string of the molecule is CC1CCN(S(=O)(=O)c2cc(C(=O)NCc3cccc4ncccc34)n(C)c2C2CC2)CC1. The number of hydrogen-bond donors (Lipinski definition) is 1. The maximum absolute atomic E-state index is 13.5. The first-order chi connectivity index (χ1) is 15.9. The van der Waals surface area contributed by atoms with Crippen LogP contribution in [0.5, 0.6) is 0 Å². The highest BCUT2D eigenvalue weighted by atomic mass is 32.2. The number of sulfonamides is 1. The van der Waals surface area contributed by atoms with Crippen molar-refractivity contribution in [1.29, 1.82) is 0 Å². The van der Waals surface area contributed by atoms with Crippen molar-refractivity contribution < 1.29 is 13.2 Å². The maximum Gasteiger partial charge on any atom is 0.268 e. The van der Waals surface area contributed by atoms with Gasteiger partial charge in [0.2, 0.25) is 10.0 Å². The molecule has 1 saturated heterocycles. The summed E-state index contributed by atoms with van der Waals surface area (Å²) in [5.74, 6) is 0.476. The summed E-state index contributed by atoms with van der Waals surface area (Å²) in [5, 5.41) is 3.98. The molecule has 3 heterocycles. The molecule has 1 aliphatic heterocycles. The predicted molar refractivity (Wildman–Crippen MR) is 127 cm³/mol. The van der Waals surface area contributed by atoms with Crippen LogP contribution in [0.1, 0.15) is 60.3 Å². The maximum atomic E-state index is 13.5. The first-order valence-electron chi connectivity index (χ1n) is 11.7. The van der Waals surface area contributed by atoms with E-state index in [1.54, 1.807) is 21.1 Å². The van der Waals surface area contributed by atoms with Crippen LogP contribution in [0, 0.1) is 5.92 Å². The number of nitrogens with zero attached hydrogens (tertiary/aromatic N) is 3. The number of nitrogens with one attached hydrogen (secondary N) is 1. The van der Waals surface area contributed by atoms with Gasteiger partial charge in [-0.1, -0.05) is 25.1 Å². The molecule has 0 bridgehead atoms. The third-order valence-electron chi connectivity index (χ3n) is 6.98. The Hall–Kier alpha value is -2.71. The molecule has 174 valence electrons. The number of pyridine rings is 1. The quantitative estimate of drug-likeness (QED) is 0.599. The first-order valence-corrected chi connectivity index (χ1v) is 13.1. The van der Waals surface area contributed by atoms with Gasteiger partial charge in [-0.05, 0) is 55.4 Å². The normalized spacial score (nSPS) is 18.0. The van der Waals surface area contributed by atoms with Crippen LogP contribution in [-0.4, -0.2) is 41.3 Å². The van der Waals surface area contributed by atoms with Crippen molar-refractivity contribution in [3.63, 3.8) is 0 Å². The van der Waals surface area contributed by atoms with E-state index in [9.17, 15) is 13.2 Å². The number of carbonyl (C=O) groups excluding carboxylic acids is 1. The molecule has 3 aromatic rings. The molecule has 1 aliphatic carbocycles. The van der Waals surface area contributed by atoms with Gasteiger partial charge < -0.3 is 9.88 Å². The highest BCUT2D eigenvalue weighted by Crippen LogP contribution is 2.44. The van der Waals surface area contributed by atoms with Crippen molar-refractivity contribution in [3.8, 4) is 0 Å². The van der Waals surface area contributed by atoms with Gasteiger partial charge in [0.15, 0.2) is 0 Å². The zero-order valence-electron chi connectivity index (χ0n) is 19.1. The summed E-state index contributed by atoms with van der Waals surface area (Å²) in [5.41, 5.74) is 3.01. The van der Waals surface area contributed by atoms with E-state index in [1.807, 2.05) is 37.4 Å². The number of hydrogen-bond acceptors (Lipinski definition) is 4. The summed E-state index contributed by atoms with van der Waals surface area (Å²) < 4.78 is 30.5. The number of rotatable bonds is 6. The molecule has 1 saturated carbocycles. The van der Waals surface area contributed by atoms with E-state index >= 15 is 0 Å². The third-order valence-corrected chi connectivity index (χ3v) is 8.90. The van der Waals surface area contributed by atoms with Crippen LogP contribution in [0.25, 0.3) is 10.9 Å². The van der Waals surface area contributed by atoms with Crippen LogP contribution in [0.15, 0.2) is 47.5 Å². The van der Waals surface area contributed by atoms with E-state index in [-0.39, 0.29) is 11.8 Å². The summed E-state index contributed by atoms with van der Waals surface area (Å²) in [6.45, 7) is 3.59. The van der Waals surface area contributed by atoms with Crippen molar-refractivity contribution in [3.05, 3.63) is 59.5 Å². The highest BCUT2D eigenvalue weighted by Gasteiger charge is 2.38. The molecule has 2 aliphatic rings. The standard InChI is InChI=1S/C25H30N4O3S/c1-17-10-13-29(14-11-17)33(31,32)23-15-22(28(2)24(23)18-8-9-18)25(30)27-16-19-5-3-7-21-20(19)6-4-12-26-21/h3-7,12,15,17-18H,8-11,13-14,16H2,1-2H3,(H,27,30). The van der Waals surface area contributed by atoms with Gasteiger partial charge in [-0.3, -0.25) is 9.78 Å². The molecule has 7 nitrogen and oxygen atoms in total. The molecule has 0 atom stereocenters. The molecule has 8 heteroatoms. The number of piperidine rings is 1. The molecule has 2 aromatic heterocycles. The average Bonchev–Trinajstić information content (AvgIpc) is 3.59. The molecular formula is C25H30N4O3S. The van der Waals surface area contributed by atoms with Crippen LogP contribution < -0.4 is 5.32 Å². The second-order valence-electron chi connectivity index (χ2n) is 9.37. The van der Waals surface area contributed by atoms with E-state index in [2.05, 4.69) is 17.2 Å². The topological polar surface area (TPSA) is 84.3 Å². The van der Waals surface area contributed by atoms with Gasteiger partial charge in [-0.2, -0.15) is 4.31 Å². The molecule has 2 fully saturated rings. The number of aromatic nitrogens is 2. The second kappa shape index (κ2) is 8.57. The third kappa shape index (κ3) is 4.17. The van der Waals surface area contributed by atoms with Crippen LogP contribution in [-0.2, 0) is 23.6 Å². The van der Waals surface area contributed by atoms with Crippen LogP contribution in [0.2, 0.25) is 0 Å². The smallest absolute Gasteiger partial charge is 0.268 e. The Morgan fingerprint density at radius 3 is 2.61 bits per heavy atom. The lowest BCUT2D eigenvalue weighted by Gasteiger charge is -2.29. The monoisotopic (exact) mass is 466 g/mol. The Kier molecular flexibility index (Phi) is 5.74. The molecule has 1 aromatic carbocycles. The first kappa shape index (κ1) is 22.1. The van der Waals surface area contributed by atoms with Crippen molar-refractivity contribution in [2.75, 3.05) is 13.1 Å². The van der Waals surface area contributed by atoms with Crippen molar-refractivity contribution in [2.45, 2.75) is 50.0 Å². The van der Waals surface area contributed by atoms with Crippen molar-refractivity contribution in [1.82, 2.24) is 19.2 Å². The van der Waals surface area contributed by atoms with Gasteiger partial charge in [-0.15, -0.1) is 0 Å². The van der Waals surface area contributed by atoms with Crippen molar-refractivity contribution >= 4 is 26.8 Å². The van der Waals surface area contributed by atoms with Crippen molar-refractivity contribution in [2.24, 2.45) is 13.0 Å². The molecule has 33 heavy (non-hydrogen) atoms. The molecule has 0 unspecified atom stereocenters. The summed E-state index contributed by atoms with van der Waals surface area (Å²) in [6, 6.07) is 11.3. The Balaban J connectivity index is 1.42. The van der Waals surface area contributed by atoms with E-state index in [4.69, 9.17) is 0 Å². The number of benzene rings is 1. The highest BCUT2D eigenvalue weighted by molar-refractivity contribution is 7.89. The molecule has 0 spiro atoms. The van der Waals surface area contributed by atoms with E-state index in [0.717, 1.165) is 47.8 Å². The number of carbonyl (C=O) groups is 1. The fourth-order valence-corrected chi connectivity index (χ4v) is 6.60. The van der Waals surface area contributed by atoms with E-state index < -0.39 is 10.0 Å². The van der Waals surface area contributed by atoms with E-state index in [1.165, 1.54) is 0 Å². The van der Waals surface area contributed by atoms with Gasteiger partial charge in [-0.25, -0.2) is 8.42 Å². The largest absolute Gasteiger partial charge is 0.347 e. The molecule has 1 N–H and O–H groups in total. The van der Waals surface area contributed by atoms with Gasteiger partial charge in [0.1, 0.15) is 10.6 Å². The van der Waals surface area contributed by atoms with Gasteiger partial charge >= 0.3 is 0 Å². The lowest BCUT2D eigenvalue weighted by atomic mass is 10.0. The Morgan fingerprint density at radius 2 is 1.88 bits per heavy atom. The summed E-state index contributed by atoms with van der Waals surface area (Å²) in [7, 11) is -1.82. The molecule has 0 radical (unpaired) electrons. The van der Waals surface area contributed by atoms with Gasteiger partial charge in [0, 0.05) is 49.9 Å². The minimum Gasteiger partial charge on any atom is -0.347 e. The number of amides is 1. The Labute approximate surface area is 194 Å². The zero-order chi connectivity index (χ0) is 23.2. The fourth-order valence-electron chi connectivity index (χ4n) is 4.80. The minimum atomic E-state index is -3.63. The van der Waals surface area contributed by atoms with Gasteiger partial charge in [0.25, 0.3) is 5.91 Å².